The summed E-state index contributed by atoms with van der Waals surface area (Å²) in [6, 6.07) is 5.06. The molecule has 3 aliphatic heterocycles. The van der Waals surface area contributed by atoms with Crippen molar-refractivity contribution < 1.29 is 66.3 Å². The van der Waals surface area contributed by atoms with Gasteiger partial charge in [0.1, 0.15) is 36.1 Å². The topological polar surface area (TPSA) is 251 Å². The van der Waals surface area contributed by atoms with Gasteiger partial charge in [0.05, 0.1) is 53.8 Å². The number of hydrogen-bond donors (Lipinski definition) is 3. The fourth-order valence-corrected chi connectivity index (χ4v) is 10.6. The van der Waals surface area contributed by atoms with Gasteiger partial charge in [-0.1, -0.05) is 50.2 Å². The Balaban J connectivity index is 1.44. The standard InChI is InChI=1S/C47H71FN6O13S/c1-12-38-47(9,59)43-28(4)39(49-31(7)55)26(2)21-46(8,64-25-34(51-60)24-63-43)42(29(5)40(56)30(6)44(58)66-38)67-45-41(57)37(19-27(3)65-45)53(10)18-17-33-23-54(52-50-33)35(22-48)20-32-13-15-36(16-14-32)68(11,61)62/h13-16,23,26-30,35,37-38,41-43,45,57,59-60H,12,17-22,24-25H2,1-11H3/b49-39+,51-34+/t26-,27-,28+,29+,30-,35+,37+,38-,41-,42-,43-,45+,46-,47-/m1/s1. The third-order valence-electron chi connectivity index (χ3n) is 13.8. The van der Waals surface area contributed by atoms with E-state index in [0.29, 0.717) is 30.8 Å². The van der Waals surface area contributed by atoms with Crippen molar-refractivity contribution in [3.63, 3.8) is 0 Å². The number of aromatic nitrogens is 3. The molecule has 0 spiro atoms. The number of carbonyl (C=O) groups excluding carboxylic acids is 3. The SMILES string of the molecule is CC[C@H]1OC(=O)[C@H](C)C(=O)[C@H](C)[C@@H](O[C@@H]2O[C@H](C)C[C@H](N(C)CCc3cn([C@H](CF)Cc4ccc(S(C)(=O)=O)cc4)nn3)[C@H]2O)[C@@]2(C)C[C@@H](C)/C(=N\C(C)=O)[C@H](C)[C@@H](OC/C(=N\O)CO2)[C@]1(C)O. The molecule has 3 fully saturated rings. The number of carbonyl (C=O) groups is 3. The van der Waals surface area contributed by atoms with Gasteiger partial charge in [0.15, 0.2) is 21.9 Å². The normalized spacial score (nSPS) is 35.4. The lowest BCUT2D eigenvalue weighted by Gasteiger charge is -2.48. The van der Waals surface area contributed by atoms with E-state index in [1.807, 2.05) is 25.8 Å². The van der Waals surface area contributed by atoms with Crippen LogP contribution in [0, 0.1) is 23.7 Å². The first-order chi connectivity index (χ1) is 31.8. The highest BCUT2D eigenvalue weighted by atomic mass is 32.2. The van der Waals surface area contributed by atoms with Crippen LogP contribution in [0.1, 0.15) is 98.9 Å². The average Bonchev–Trinajstić information content (AvgIpc) is 3.76. The summed E-state index contributed by atoms with van der Waals surface area (Å²) in [6.45, 7) is 13.6. The number of Topliss-reactive ketones (excluding diaryl/α,β-unsaturated/α-hetero) is 1. The smallest absolute Gasteiger partial charge is 0.316 e. The molecule has 3 aliphatic rings. The number of nitrogens with zero attached hydrogens (tertiary/aromatic N) is 6. The highest BCUT2D eigenvalue weighted by molar-refractivity contribution is 7.90. The van der Waals surface area contributed by atoms with Crippen molar-refractivity contribution in [2.24, 2.45) is 33.8 Å². The predicted octanol–water partition coefficient (Wildman–Crippen LogP) is 3.74. The number of hydrogen-bond acceptors (Lipinski definition) is 17. The van der Waals surface area contributed by atoms with E-state index in [4.69, 9.17) is 23.7 Å². The third-order valence-corrected chi connectivity index (χ3v) is 14.9. The highest BCUT2D eigenvalue weighted by Crippen LogP contribution is 2.40. The lowest BCUT2D eigenvalue weighted by atomic mass is 9.73. The number of alkyl halides is 1. The third kappa shape index (κ3) is 12.8. The number of esters is 1. The summed E-state index contributed by atoms with van der Waals surface area (Å²) in [4.78, 5) is 47.8. The van der Waals surface area contributed by atoms with Crippen molar-refractivity contribution >= 4 is 38.9 Å². The number of amides is 1. The first kappa shape index (κ1) is 54.8. The van der Waals surface area contributed by atoms with Crippen LogP contribution in [0.2, 0.25) is 0 Å². The van der Waals surface area contributed by atoms with Crippen LogP contribution in [-0.2, 0) is 60.7 Å². The van der Waals surface area contributed by atoms with Crippen molar-refractivity contribution in [1.82, 2.24) is 19.9 Å². The van der Waals surface area contributed by atoms with Gasteiger partial charge in [0, 0.05) is 55.9 Å². The number of rotatable bonds is 12. The molecular formula is C47H71FN6O13S. The number of cyclic esters (lactones) is 1. The Hall–Kier alpha value is -4.09. The molecule has 0 aliphatic carbocycles. The summed E-state index contributed by atoms with van der Waals surface area (Å²) >= 11 is 0. The zero-order valence-electron chi connectivity index (χ0n) is 41.1. The fraction of sp³-hybridized carbons (Fsp3) is 0.723. The van der Waals surface area contributed by atoms with Gasteiger partial charge in [-0.05, 0) is 84.0 Å². The molecule has 14 atom stereocenters. The number of aliphatic imine (C=N–C) groups is 1. The van der Waals surface area contributed by atoms with Crippen molar-refractivity contribution in [1.29, 1.82) is 0 Å². The number of aliphatic hydroxyl groups excluding tert-OH is 1. The Morgan fingerprint density at radius 3 is 2.38 bits per heavy atom. The molecule has 68 heavy (non-hydrogen) atoms. The molecule has 380 valence electrons. The lowest BCUT2D eigenvalue weighted by molar-refractivity contribution is -0.296. The highest BCUT2D eigenvalue weighted by Gasteiger charge is 2.53. The summed E-state index contributed by atoms with van der Waals surface area (Å²) in [5.41, 5.74) is -1.71. The molecule has 1 amide bonds. The zero-order valence-corrected chi connectivity index (χ0v) is 41.9. The number of fused-ring (bicyclic) bond motifs is 5. The van der Waals surface area contributed by atoms with Crippen LogP contribution >= 0.6 is 0 Å². The molecule has 2 bridgehead atoms. The Morgan fingerprint density at radius 2 is 1.78 bits per heavy atom. The van der Waals surface area contributed by atoms with Crippen LogP contribution in [0.3, 0.4) is 0 Å². The number of ketones is 1. The van der Waals surface area contributed by atoms with Crippen LogP contribution < -0.4 is 0 Å². The first-order valence-corrected chi connectivity index (χ1v) is 25.2. The molecule has 0 saturated carbocycles. The Kier molecular flexibility index (Phi) is 18.4. The number of aliphatic hydroxyl groups is 2. The second-order valence-corrected chi connectivity index (χ2v) is 21.5. The van der Waals surface area contributed by atoms with E-state index < -0.39 is 118 Å². The van der Waals surface area contributed by atoms with Crippen LogP contribution in [-0.4, -0.2) is 167 Å². The molecule has 0 radical (unpaired) electrons. The van der Waals surface area contributed by atoms with Gasteiger partial charge >= 0.3 is 5.97 Å². The van der Waals surface area contributed by atoms with Crippen LogP contribution in [0.25, 0.3) is 0 Å². The Morgan fingerprint density at radius 1 is 1.10 bits per heavy atom. The fourth-order valence-electron chi connectivity index (χ4n) is 9.96. The Bertz CT molecular complexity index is 2240. The van der Waals surface area contributed by atoms with Crippen molar-refractivity contribution in [3.8, 4) is 0 Å². The van der Waals surface area contributed by atoms with Gasteiger partial charge in [-0.25, -0.2) is 22.5 Å². The predicted molar refractivity (Wildman–Crippen MR) is 247 cm³/mol. The van der Waals surface area contributed by atoms with E-state index in [1.165, 1.54) is 37.6 Å². The van der Waals surface area contributed by atoms with Gasteiger partial charge in [0.25, 0.3) is 0 Å². The van der Waals surface area contributed by atoms with E-state index in [-0.39, 0.29) is 43.1 Å². The molecule has 0 unspecified atom stereocenters. The molecular weight excluding hydrogens is 908 g/mol. The number of likely N-dealkylation sites (N-methyl/N-ethyl adjacent to an activating group) is 1. The van der Waals surface area contributed by atoms with E-state index in [1.54, 1.807) is 46.0 Å². The summed E-state index contributed by atoms with van der Waals surface area (Å²) in [5, 5.41) is 46.5. The van der Waals surface area contributed by atoms with E-state index in [2.05, 4.69) is 20.5 Å². The molecule has 1 aromatic carbocycles. The summed E-state index contributed by atoms with van der Waals surface area (Å²) in [6.07, 6.45) is -2.68. The van der Waals surface area contributed by atoms with E-state index in [0.717, 1.165) is 11.8 Å². The molecule has 2 aromatic rings. The summed E-state index contributed by atoms with van der Waals surface area (Å²) in [5.74, 6) is -5.79. The molecule has 21 heteroatoms. The average molecular weight is 979 g/mol. The maximum Gasteiger partial charge on any atom is 0.316 e. The maximum atomic E-state index is 14.6. The molecule has 1 aromatic heterocycles. The molecule has 5 rings (SSSR count). The minimum absolute atomic E-state index is 0.0283. The van der Waals surface area contributed by atoms with Crippen molar-refractivity contribution in [2.75, 3.05) is 39.7 Å². The van der Waals surface area contributed by atoms with Crippen LogP contribution in [0.15, 0.2) is 45.5 Å². The monoisotopic (exact) mass is 978 g/mol. The van der Waals surface area contributed by atoms with Crippen LogP contribution in [0.4, 0.5) is 4.39 Å². The van der Waals surface area contributed by atoms with Crippen molar-refractivity contribution in [3.05, 3.63) is 41.7 Å². The van der Waals surface area contributed by atoms with Crippen molar-refractivity contribution in [2.45, 2.75) is 159 Å². The first-order valence-electron chi connectivity index (χ1n) is 23.3. The summed E-state index contributed by atoms with van der Waals surface area (Å²) < 4.78 is 71.6. The second-order valence-electron chi connectivity index (χ2n) is 19.4. The Labute approximate surface area is 398 Å². The minimum Gasteiger partial charge on any atom is -0.459 e. The maximum absolute atomic E-state index is 14.6. The molecule has 4 heterocycles. The van der Waals surface area contributed by atoms with Gasteiger partial charge in [-0.3, -0.25) is 14.4 Å². The van der Waals surface area contributed by atoms with Gasteiger partial charge < -0.3 is 44.0 Å². The number of halogens is 1. The van der Waals surface area contributed by atoms with E-state index in [9.17, 15) is 42.6 Å². The number of benzene rings is 1. The molecule has 19 nitrogen and oxygen atoms in total. The quantitative estimate of drug-likeness (QED) is 0.119. The number of oxime groups is 1. The molecule has 3 saturated heterocycles. The van der Waals surface area contributed by atoms with Gasteiger partial charge in [0.2, 0.25) is 5.91 Å². The largest absolute Gasteiger partial charge is 0.459 e. The minimum atomic E-state index is -3.38. The second kappa shape index (κ2) is 22.8. The lowest BCUT2D eigenvalue weighted by Crippen LogP contribution is -2.60. The number of ether oxygens (including phenoxy) is 5. The number of sulfone groups is 1. The zero-order chi connectivity index (χ0) is 50.5. The molecule has 3 N–H and O–H groups in total. The van der Waals surface area contributed by atoms with E-state index >= 15 is 0 Å². The van der Waals surface area contributed by atoms with Gasteiger partial charge in [-0.15, -0.1) is 5.10 Å². The summed E-state index contributed by atoms with van der Waals surface area (Å²) in [7, 11) is -1.55. The van der Waals surface area contributed by atoms with Gasteiger partial charge in [-0.2, -0.15) is 0 Å². The van der Waals surface area contributed by atoms with Crippen LogP contribution in [0.5, 0.6) is 0 Å².